The molecule has 0 aromatic heterocycles. The van der Waals surface area contributed by atoms with Gasteiger partial charge in [0.15, 0.2) is 0 Å². The van der Waals surface area contributed by atoms with Crippen molar-refractivity contribution in [2.45, 2.75) is 32.9 Å². The summed E-state index contributed by atoms with van der Waals surface area (Å²) in [5.41, 5.74) is 6.05. The van der Waals surface area contributed by atoms with Crippen LogP contribution in [0.5, 0.6) is 0 Å². The summed E-state index contributed by atoms with van der Waals surface area (Å²) >= 11 is 0. The van der Waals surface area contributed by atoms with E-state index in [4.69, 9.17) is 10.5 Å². The molecule has 0 fully saturated rings. The summed E-state index contributed by atoms with van der Waals surface area (Å²) in [4.78, 5) is 22.5. The number of nitrogens with one attached hydrogen (secondary N) is 1. The monoisotopic (exact) mass is 264 g/mol. The van der Waals surface area contributed by atoms with E-state index >= 15 is 0 Å². The van der Waals surface area contributed by atoms with Gasteiger partial charge in [0, 0.05) is 12.5 Å². The van der Waals surface area contributed by atoms with E-state index in [-0.39, 0.29) is 25.0 Å². The number of nitrogens with two attached hydrogens (primary N) is 1. The molecule has 5 heteroatoms. The molecule has 3 N–H and O–H groups in total. The molecule has 0 aliphatic heterocycles. The van der Waals surface area contributed by atoms with Crippen molar-refractivity contribution in [1.82, 2.24) is 5.32 Å². The van der Waals surface area contributed by atoms with Gasteiger partial charge in [-0.25, -0.2) is 4.79 Å². The Balaban J connectivity index is 2.42. The highest BCUT2D eigenvalue weighted by Crippen LogP contribution is 2.07. The van der Waals surface area contributed by atoms with Crippen LogP contribution in [0.3, 0.4) is 0 Å². The Morgan fingerprint density at radius 3 is 2.42 bits per heavy atom. The summed E-state index contributed by atoms with van der Waals surface area (Å²) in [6.07, 6.45) is -0.429. The first-order chi connectivity index (χ1) is 8.99. The molecule has 0 bridgehead atoms. The molecule has 0 aliphatic carbocycles. The molecule has 0 unspecified atom stereocenters. The van der Waals surface area contributed by atoms with Gasteiger partial charge in [-0.15, -0.1) is 0 Å². The molecule has 5 nitrogen and oxygen atoms in total. The fourth-order valence-corrected chi connectivity index (χ4v) is 1.59. The molecule has 0 saturated heterocycles. The molecule has 0 spiro atoms. The maximum Gasteiger partial charge on any atom is 0.407 e. The maximum atomic E-state index is 11.6. The van der Waals surface area contributed by atoms with E-state index in [1.165, 1.54) is 0 Å². The van der Waals surface area contributed by atoms with Gasteiger partial charge in [0.05, 0.1) is 0 Å². The third-order valence-corrected chi connectivity index (χ3v) is 2.74. The van der Waals surface area contributed by atoms with Crippen LogP contribution in [-0.4, -0.2) is 18.0 Å². The lowest BCUT2D eigenvalue weighted by Crippen LogP contribution is -2.41. The highest BCUT2D eigenvalue weighted by molar-refractivity contribution is 5.76. The summed E-state index contributed by atoms with van der Waals surface area (Å²) in [5, 5.41) is 2.66. The molecule has 19 heavy (non-hydrogen) atoms. The molecule has 2 amide bonds. The van der Waals surface area contributed by atoms with Gasteiger partial charge in [-0.1, -0.05) is 44.2 Å². The van der Waals surface area contributed by atoms with Crippen LogP contribution in [0.15, 0.2) is 30.3 Å². The van der Waals surface area contributed by atoms with Crippen LogP contribution < -0.4 is 11.1 Å². The number of carbonyl (C=O) groups is 2. The predicted octanol–water partition coefficient (Wildman–Crippen LogP) is 1.81. The van der Waals surface area contributed by atoms with E-state index in [1.54, 1.807) is 0 Å². The number of hydrogen-bond acceptors (Lipinski definition) is 3. The number of amides is 2. The first kappa shape index (κ1) is 15.0. The molecule has 0 heterocycles. The lowest BCUT2D eigenvalue weighted by atomic mass is 10.0. The van der Waals surface area contributed by atoms with E-state index in [1.807, 2.05) is 44.2 Å². The Kier molecular flexibility index (Phi) is 5.85. The first-order valence-electron chi connectivity index (χ1n) is 6.24. The van der Waals surface area contributed by atoms with E-state index in [0.29, 0.717) is 0 Å². The molecule has 1 aromatic rings. The normalized spacial score (nSPS) is 11.9. The SMILES string of the molecule is CC(C)[C@@H](CC(N)=O)NC(=O)OCc1ccccc1. The first-order valence-corrected chi connectivity index (χ1v) is 6.24. The van der Waals surface area contributed by atoms with Gasteiger partial charge in [0.25, 0.3) is 0 Å². The molecule has 1 aromatic carbocycles. The van der Waals surface area contributed by atoms with Gasteiger partial charge in [-0.3, -0.25) is 4.79 Å². The molecule has 1 atom stereocenters. The highest BCUT2D eigenvalue weighted by Gasteiger charge is 2.19. The predicted molar refractivity (Wildman–Crippen MR) is 72.2 cm³/mol. The zero-order valence-corrected chi connectivity index (χ0v) is 11.3. The third-order valence-electron chi connectivity index (χ3n) is 2.74. The number of benzene rings is 1. The molecular weight excluding hydrogens is 244 g/mol. The fourth-order valence-electron chi connectivity index (χ4n) is 1.59. The zero-order chi connectivity index (χ0) is 14.3. The summed E-state index contributed by atoms with van der Waals surface area (Å²) in [7, 11) is 0. The lowest BCUT2D eigenvalue weighted by Gasteiger charge is -2.20. The molecule has 1 rings (SSSR count). The van der Waals surface area contributed by atoms with E-state index in [2.05, 4.69) is 5.32 Å². The number of carbonyl (C=O) groups excluding carboxylic acids is 2. The summed E-state index contributed by atoms with van der Waals surface area (Å²) in [5.74, 6) is -0.334. The van der Waals surface area contributed by atoms with Crippen molar-refractivity contribution in [2.75, 3.05) is 0 Å². The van der Waals surface area contributed by atoms with Crippen molar-refractivity contribution < 1.29 is 14.3 Å². The van der Waals surface area contributed by atoms with E-state index in [0.717, 1.165) is 5.56 Å². The summed E-state index contributed by atoms with van der Waals surface area (Å²) in [6.45, 7) is 4.02. The Hall–Kier alpha value is -2.04. The number of rotatable bonds is 6. The molecule has 0 aliphatic rings. The maximum absolute atomic E-state index is 11.6. The average molecular weight is 264 g/mol. The number of hydrogen-bond donors (Lipinski definition) is 2. The molecular formula is C14H20N2O3. The van der Waals surface area contributed by atoms with Gasteiger partial charge in [-0.05, 0) is 11.5 Å². The minimum absolute atomic E-state index is 0.108. The van der Waals surface area contributed by atoms with Gasteiger partial charge >= 0.3 is 6.09 Å². The third kappa shape index (κ3) is 5.90. The van der Waals surface area contributed by atoms with Crippen LogP contribution in [0.2, 0.25) is 0 Å². The van der Waals surface area contributed by atoms with Crippen molar-refractivity contribution in [3.63, 3.8) is 0 Å². The summed E-state index contributed by atoms with van der Waals surface area (Å²) in [6, 6.07) is 9.08. The smallest absolute Gasteiger partial charge is 0.407 e. The topological polar surface area (TPSA) is 81.4 Å². The second-order valence-electron chi connectivity index (χ2n) is 4.73. The van der Waals surface area contributed by atoms with Crippen molar-refractivity contribution in [1.29, 1.82) is 0 Å². The Bertz CT molecular complexity index is 418. The van der Waals surface area contributed by atoms with E-state index < -0.39 is 12.0 Å². The summed E-state index contributed by atoms with van der Waals surface area (Å²) < 4.78 is 5.09. The number of ether oxygens (including phenoxy) is 1. The Morgan fingerprint density at radius 2 is 1.89 bits per heavy atom. The van der Waals surface area contributed by atoms with E-state index in [9.17, 15) is 9.59 Å². The minimum Gasteiger partial charge on any atom is -0.445 e. The number of alkyl carbamates (subject to hydrolysis) is 1. The lowest BCUT2D eigenvalue weighted by molar-refractivity contribution is -0.118. The van der Waals surface area contributed by atoms with Gasteiger partial charge in [-0.2, -0.15) is 0 Å². The standard InChI is InChI=1S/C14H20N2O3/c1-10(2)12(8-13(15)17)16-14(18)19-9-11-6-4-3-5-7-11/h3-7,10,12H,8-9H2,1-2H3,(H2,15,17)(H,16,18)/t12-/m1/s1. The Labute approximate surface area is 113 Å². The van der Waals surface area contributed by atoms with Crippen LogP contribution in [-0.2, 0) is 16.1 Å². The molecule has 104 valence electrons. The van der Waals surface area contributed by atoms with Crippen molar-refractivity contribution >= 4 is 12.0 Å². The average Bonchev–Trinajstić information content (AvgIpc) is 2.36. The second-order valence-corrected chi connectivity index (χ2v) is 4.73. The van der Waals surface area contributed by atoms with Crippen molar-refractivity contribution in [3.05, 3.63) is 35.9 Å². The molecule has 0 radical (unpaired) electrons. The van der Waals surface area contributed by atoms with Gasteiger partial charge in [0.2, 0.25) is 5.91 Å². The van der Waals surface area contributed by atoms with Crippen LogP contribution in [0.25, 0.3) is 0 Å². The number of primary amides is 1. The Morgan fingerprint density at radius 1 is 1.26 bits per heavy atom. The van der Waals surface area contributed by atoms with Crippen LogP contribution >= 0.6 is 0 Å². The van der Waals surface area contributed by atoms with Crippen molar-refractivity contribution in [3.8, 4) is 0 Å². The fraction of sp³-hybridized carbons (Fsp3) is 0.429. The van der Waals surface area contributed by atoms with Crippen LogP contribution in [0.4, 0.5) is 4.79 Å². The van der Waals surface area contributed by atoms with Crippen LogP contribution in [0.1, 0.15) is 25.8 Å². The second kappa shape index (κ2) is 7.41. The van der Waals surface area contributed by atoms with Gasteiger partial charge in [0.1, 0.15) is 6.61 Å². The van der Waals surface area contributed by atoms with Gasteiger partial charge < -0.3 is 15.8 Å². The quantitative estimate of drug-likeness (QED) is 0.822. The largest absolute Gasteiger partial charge is 0.445 e. The van der Waals surface area contributed by atoms with Crippen molar-refractivity contribution in [2.24, 2.45) is 11.7 Å². The highest BCUT2D eigenvalue weighted by atomic mass is 16.5. The van der Waals surface area contributed by atoms with Crippen LogP contribution in [0, 0.1) is 5.92 Å². The zero-order valence-electron chi connectivity index (χ0n) is 11.3. The minimum atomic E-state index is -0.538. The molecule has 0 saturated carbocycles.